The number of ether oxygens (including phenoxy) is 2. The average Bonchev–Trinajstić information content (AvgIpc) is 2.67. The van der Waals surface area contributed by atoms with Gasteiger partial charge in [-0.2, -0.15) is 9.97 Å². The Balaban J connectivity index is 1.84. The lowest BCUT2D eigenvalue weighted by Gasteiger charge is -2.30. The number of likely N-dealkylation sites (N-methyl/N-ethyl adjacent to an activating group) is 1. The van der Waals surface area contributed by atoms with E-state index in [9.17, 15) is 4.79 Å². The summed E-state index contributed by atoms with van der Waals surface area (Å²) in [4.78, 5) is 22.0. The number of carbonyl (C=O) groups excluding carboxylic acids is 1. The summed E-state index contributed by atoms with van der Waals surface area (Å²) >= 11 is 0. The van der Waals surface area contributed by atoms with Gasteiger partial charge in [-0.15, -0.1) is 0 Å². The van der Waals surface area contributed by atoms with Gasteiger partial charge in [0.05, 0.1) is 31.9 Å². The summed E-state index contributed by atoms with van der Waals surface area (Å²) in [6.07, 6.45) is 0.498. The lowest BCUT2D eigenvalue weighted by atomic mass is 9.98. The number of amides is 1. The summed E-state index contributed by atoms with van der Waals surface area (Å²) in [5.41, 5.74) is 11.6. The molecule has 1 aromatic heterocycles. The molecule has 9 heteroatoms. The van der Waals surface area contributed by atoms with Gasteiger partial charge in [-0.1, -0.05) is 0 Å². The van der Waals surface area contributed by atoms with Gasteiger partial charge in [-0.05, 0) is 7.05 Å². The van der Waals surface area contributed by atoms with Gasteiger partial charge in [-0.25, -0.2) is 0 Å². The molecule has 2 aliphatic rings. The van der Waals surface area contributed by atoms with Crippen LogP contribution in [0.3, 0.4) is 0 Å². The first-order chi connectivity index (χ1) is 10.5. The summed E-state index contributed by atoms with van der Waals surface area (Å²) in [6.45, 7) is 2.07. The zero-order valence-electron chi connectivity index (χ0n) is 12.5. The Labute approximate surface area is 128 Å². The molecule has 0 unspecified atom stereocenters. The second-order valence-corrected chi connectivity index (χ2v) is 5.61. The van der Waals surface area contributed by atoms with Crippen molar-refractivity contribution in [2.45, 2.75) is 12.0 Å². The highest BCUT2D eigenvalue weighted by molar-refractivity contribution is 5.78. The van der Waals surface area contributed by atoms with Crippen LogP contribution < -0.4 is 21.5 Å². The van der Waals surface area contributed by atoms with Crippen molar-refractivity contribution in [1.29, 1.82) is 0 Å². The lowest BCUT2D eigenvalue weighted by Crippen LogP contribution is -2.51. The number of aromatic nitrogens is 2. The van der Waals surface area contributed by atoms with Crippen molar-refractivity contribution in [3.63, 3.8) is 0 Å². The molecule has 9 nitrogen and oxygen atoms in total. The third-order valence-electron chi connectivity index (χ3n) is 3.86. The van der Waals surface area contributed by atoms with Crippen molar-refractivity contribution >= 4 is 17.7 Å². The Morgan fingerprint density at radius 2 is 2.27 bits per heavy atom. The van der Waals surface area contributed by atoms with E-state index >= 15 is 0 Å². The van der Waals surface area contributed by atoms with Crippen LogP contribution in [0.25, 0.3) is 0 Å². The fourth-order valence-electron chi connectivity index (χ4n) is 2.86. The first-order valence-electron chi connectivity index (χ1n) is 7.14. The van der Waals surface area contributed by atoms with E-state index in [4.69, 9.17) is 20.9 Å². The molecule has 120 valence electrons. The molecule has 1 spiro atoms. The normalized spacial score (nSPS) is 24.0. The Kier molecular flexibility index (Phi) is 3.75. The number of nitrogens with one attached hydrogen (secondary N) is 1. The van der Waals surface area contributed by atoms with E-state index in [2.05, 4.69) is 15.3 Å². The molecule has 0 bridgehead atoms. The number of nitrogens with two attached hydrogens (primary N) is 2. The molecular weight excluding hydrogens is 288 g/mol. The van der Waals surface area contributed by atoms with Crippen molar-refractivity contribution in [2.24, 2.45) is 0 Å². The number of hydrogen-bond acceptors (Lipinski definition) is 8. The molecule has 2 aliphatic heterocycles. The van der Waals surface area contributed by atoms with Gasteiger partial charge in [-0.3, -0.25) is 4.79 Å². The Morgan fingerprint density at radius 3 is 3.05 bits per heavy atom. The molecular formula is C13H20N6O3. The second-order valence-electron chi connectivity index (χ2n) is 5.61. The average molecular weight is 308 g/mol. The molecule has 1 amide bonds. The molecule has 0 aromatic carbocycles. The fourth-order valence-corrected chi connectivity index (χ4v) is 2.86. The third-order valence-corrected chi connectivity index (χ3v) is 3.86. The van der Waals surface area contributed by atoms with E-state index in [0.29, 0.717) is 44.4 Å². The molecule has 22 heavy (non-hydrogen) atoms. The quantitative estimate of drug-likeness (QED) is 0.595. The monoisotopic (exact) mass is 308 g/mol. The molecule has 1 atom stereocenters. The molecule has 3 heterocycles. The number of nitrogens with zero attached hydrogens (tertiary/aromatic N) is 3. The van der Waals surface area contributed by atoms with Crippen molar-refractivity contribution in [3.8, 4) is 5.88 Å². The summed E-state index contributed by atoms with van der Waals surface area (Å²) in [7, 11) is 1.74. The van der Waals surface area contributed by atoms with Crippen LogP contribution in [0, 0.1) is 0 Å². The van der Waals surface area contributed by atoms with Gasteiger partial charge in [0.2, 0.25) is 17.7 Å². The summed E-state index contributed by atoms with van der Waals surface area (Å²) < 4.78 is 11.6. The van der Waals surface area contributed by atoms with Gasteiger partial charge in [0.1, 0.15) is 5.82 Å². The largest absolute Gasteiger partial charge is 0.466 e. The number of nitrogen functional groups attached to an aromatic ring is 2. The second kappa shape index (κ2) is 5.58. The van der Waals surface area contributed by atoms with E-state index in [1.54, 1.807) is 11.9 Å². The van der Waals surface area contributed by atoms with Gasteiger partial charge < -0.3 is 31.2 Å². The number of carbonyl (C=O) groups is 1. The van der Waals surface area contributed by atoms with Gasteiger partial charge in [0.15, 0.2) is 5.60 Å². The molecule has 0 aliphatic carbocycles. The zero-order chi connectivity index (χ0) is 15.7. The standard InChI is InChI=1S/C13H20N6O3/c1-16-5-9(20)19-2-3-21-7-13(6-19)4-8-10(14)17-12(15)18-11(8)22-13/h16H,2-7H2,1H3,(H4,14,15,17,18)/t13-/m0/s1. The minimum Gasteiger partial charge on any atom is -0.466 e. The van der Waals surface area contributed by atoms with Crippen molar-refractivity contribution in [3.05, 3.63) is 5.56 Å². The van der Waals surface area contributed by atoms with Gasteiger partial charge >= 0.3 is 0 Å². The number of fused-ring (bicyclic) bond motifs is 1. The Hall–Kier alpha value is -2.13. The molecule has 0 radical (unpaired) electrons. The van der Waals surface area contributed by atoms with E-state index in [1.807, 2.05) is 0 Å². The van der Waals surface area contributed by atoms with Gasteiger partial charge in [0, 0.05) is 13.0 Å². The highest BCUT2D eigenvalue weighted by Gasteiger charge is 2.45. The van der Waals surface area contributed by atoms with E-state index in [-0.39, 0.29) is 18.4 Å². The molecule has 1 saturated heterocycles. The maximum Gasteiger partial charge on any atom is 0.236 e. The minimum absolute atomic E-state index is 0.00509. The SMILES string of the molecule is CNCC(=O)N1CCOC[C@]2(Cc3c(N)nc(N)nc3O2)C1. The third kappa shape index (κ3) is 2.64. The molecule has 0 saturated carbocycles. The Morgan fingerprint density at radius 1 is 1.45 bits per heavy atom. The van der Waals surface area contributed by atoms with Crippen LogP contribution in [0.5, 0.6) is 5.88 Å². The number of anilines is 2. The van der Waals surface area contributed by atoms with E-state index in [0.717, 1.165) is 5.56 Å². The molecule has 1 aromatic rings. The number of hydrogen-bond donors (Lipinski definition) is 3. The highest BCUT2D eigenvalue weighted by atomic mass is 16.6. The Bertz CT molecular complexity index is 595. The van der Waals surface area contributed by atoms with Crippen molar-refractivity contribution < 1.29 is 14.3 Å². The molecule has 5 N–H and O–H groups in total. The zero-order valence-corrected chi connectivity index (χ0v) is 12.5. The topological polar surface area (TPSA) is 129 Å². The fraction of sp³-hybridized carbons (Fsp3) is 0.615. The van der Waals surface area contributed by atoms with Crippen LogP contribution in [0.15, 0.2) is 0 Å². The van der Waals surface area contributed by atoms with Crippen molar-refractivity contribution in [1.82, 2.24) is 20.2 Å². The van der Waals surface area contributed by atoms with Crippen molar-refractivity contribution in [2.75, 3.05) is 51.4 Å². The lowest BCUT2D eigenvalue weighted by molar-refractivity contribution is -0.132. The van der Waals surface area contributed by atoms with Crippen LogP contribution in [0.1, 0.15) is 5.56 Å². The first-order valence-corrected chi connectivity index (χ1v) is 7.14. The molecule has 1 fully saturated rings. The van der Waals surface area contributed by atoms with Crippen LogP contribution in [0.2, 0.25) is 0 Å². The van der Waals surface area contributed by atoms with Gasteiger partial charge in [0.25, 0.3) is 0 Å². The summed E-state index contributed by atoms with van der Waals surface area (Å²) in [5, 5.41) is 2.87. The van der Waals surface area contributed by atoms with Crippen LogP contribution in [-0.4, -0.2) is 66.3 Å². The van der Waals surface area contributed by atoms with Crippen LogP contribution in [0.4, 0.5) is 11.8 Å². The molecule has 3 rings (SSSR count). The number of rotatable bonds is 2. The van der Waals surface area contributed by atoms with Crippen LogP contribution in [-0.2, 0) is 16.0 Å². The summed E-state index contributed by atoms with van der Waals surface area (Å²) in [5.74, 6) is 0.782. The maximum absolute atomic E-state index is 12.2. The summed E-state index contributed by atoms with van der Waals surface area (Å²) in [6, 6.07) is 0. The predicted molar refractivity (Wildman–Crippen MR) is 79.2 cm³/mol. The highest BCUT2D eigenvalue weighted by Crippen LogP contribution is 2.38. The van der Waals surface area contributed by atoms with E-state index in [1.165, 1.54) is 0 Å². The predicted octanol–water partition coefficient (Wildman–Crippen LogP) is -1.61. The maximum atomic E-state index is 12.2. The first kappa shape index (κ1) is 14.8. The minimum atomic E-state index is -0.682. The smallest absolute Gasteiger partial charge is 0.236 e. The van der Waals surface area contributed by atoms with E-state index < -0.39 is 5.60 Å². The van der Waals surface area contributed by atoms with Crippen LogP contribution >= 0.6 is 0 Å².